The van der Waals surface area contributed by atoms with Crippen LogP contribution in [-0.2, 0) is 6.18 Å². The highest BCUT2D eigenvalue weighted by atomic mass is 35.5. The minimum Gasteiger partial charge on any atom is -0.218 e. The van der Waals surface area contributed by atoms with Crippen LogP contribution in [0.2, 0.25) is 15.2 Å². The van der Waals surface area contributed by atoms with E-state index < -0.39 is 11.7 Å². The van der Waals surface area contributed by atoms with Crippen LogP contribution in [0.5, 0.6) is 0 Å². The van der Waals surface area contributed by atoms with Crippen molar-refractivity contribution in [2.45, 2.75) is 24.9 Å². The van der Waals surface area contributed by atoms with E-state index in [1.807, 2.05) is 18.2 Å². The Hall–Kier alpha value is -1.68. The van der Waals surface area contributed by atoms with E-state index in [4.69, 9.17) is 34.8 Å². The number of alkyl halides is 3. The largest absolute Gasteiger partial charge is 0.416 e. The summed E-state index contributed by atoms with van der Waals surface area (Å²) < 4.78 is 39.7. The van der Waals surface area contributed by atoms with Gasteiger partial charge in [-0.2, -0.15) is 23.5 Å². The Kier molecular flexibility index (Phi) is 4.76. The van der Waals surface area contributed by atoms with Gasteiger partial charge in [0.1, 0.15) is 16.9 Å². The van der Waals surface area contributed by atoms with Gasteiger partial charge >= 0.3 is 6.18 Å². The Bertz CT molecular complexity index is 887. The second-order valence-electron chi connectivity index (χ2n) is 5.47. The molecular weight excluding hydrogens is 398 g/mol. The van der Waals surface area contributed by atoms with Crippen molar-refractivity contribution in [3.8, 4) is 11.8 Å². The van der Waals surface area contributed by atoms with Crippen LogP contribution >= 0.6 is 34.8 Å². The molecule has 0 saturated heterocycles. The van der Waals surface area contributed by atoms with Crippen LogP contribution < -0.4 is 0 Å². The third-order valence-corrected chi connectivity index (χ3v) is 4.85. The summed E-state index contributed by atoms with van der Waals surface area (Å²) in [5.74, 6) is -0.0806. The second-order valence-corrected chi connectivity index (χ2v) is 6.65. The quantitative estimate of drug-likeness (QED) is 0.561. The summed E-state index contributed by atoms with van der Waals surface area (Å²) in [6.45, 7) is 0. The van der Waals surface area contributed by atoms with Gasteiger partial charge in [-0.05, 0) is 25.0 Å². The maximum atomic E-state index is 12.9. The molecule has 0 radical (unpaired) electrons. The average molecular weight is 407 g/mol. The van der Waals surface area contributed by atoms with Gasteiger partial charge in [0.15, 0.2) is 5.69 Å². The van der Waals surface area contributed by atoms with Crippen LogP contribution in [0.15, 0.2) is 24.3 Å². The molecule has 1 aliphatic rings. The van der Waals surface area contributed by atoms with E-state index in [9.17, 15) is 18.4 Å². The van der Waals surface area contributed by atoms with E-state index in [1.165, 1.54) is 0 Å². The lowest BCUT2D eigenvalue weighted by atomic mass is 10.00. The van der Waals surface area contributed by atoms with E-state index in [0.717, 1.165) is 29.7 Å². The zero-order valence-corrected chi connectivity index (χ0v) is 14.7. The lowest BCUT2D eigenvalue weighted by molar-refractivity contribution is -0.137. The van der Waals surface area contributed by atoms with E-state index in [0.29, 0.717) is 5.56 Å². The average Bonchev–Trinajstić information content (AvgIpc) is 3.14. The van der Waals surface area contributed by atoms with Gasteiger partial charge in [-0.3, -0.25) is 0 Å². The minimum absolute atomic E-state index is 0.00561. The number of hydrogen-bond acceptors (Lipinski definition) is 2. The second kappa shape index (κ2) is 6.56. The zero-order valence-electron chi connectivity index (χ0n) is 12.4. The van der Waals surface area contributed by atoms with Crippen LogP contribution in [0.4, 0.5) is 13.2 Å². The molecule has 0 saturated carbocycles. The number of rotatable bonds is 2. The molecule has 2 aromatic rings. The highest BCUT2D eigenvalue weighted by Crippen LogP contribution is 2.41. The first-order chi connectivity index (χ1) is 11.7. The van der Waals surface area contributed by atoms with Crippen molar-refractivity contribution in [2.75, 3.05) is 0 Å². The molecule has 25 heavy (non-hydrogen) atoms. The molecule has 1 unspecified atom stereocenters. The van der Waals surface area contributed by atoms with Gasteiger partial charge in [0.05, 0.1) is 15.6 Å². The van der Waals surface area contributed by atoms with Crippen LogP contribution in [0.25, 0.3) is 5.69 Å². The van der Waals surface area contributed by atoms with Gasteiger partial charge in [0.25, 0.3) is 0 Å². The summed E-state index contributed by atoms with van der Waals surface area (Å²) in [4.78, 5) is 0. The Morgan fingerprint density at radius 3 is 2.32 bits per heavy atom. The van der Waals surface area contributed by atoms with Gasteiger partial charge in [-0.15, -0.1) is 0 Å². The summed E-state index contributed by atoms with van der Waals surface area (Å²) in [7, 11) is 0. The Morgan fingerprint density at radius 2 is 1.84 bits per heavy atom. The van der Waals surface area contributed by atoms with Crippen molar-refractivity contribution < 1.29 is 13.2 Å². The lowest BCUT2D eigenvalue weighted by Gasteiger charge is -2.13. The Morgan fingerprint density at radius 1 is 1.20 bits per heavy atom. The standard InChI is InChI=1S/C16H9Cl3F3N3/c17-10-5-9(16(20,21)22)6-11(18)14(10)25-15(19)13(12(7-23)24-25)8-3-1-2-4-8/h1,3,5-6,8H,2,4H2. The SMILES string of the molecule is N#Cc1nn(-c2c(Cl)cc(C(F)(F)F)cc2Cl)c(Cl)c1C1C=CCC1. The molecule has 0 amide bonds. The first kappa shape index (κ1) is 18.1. The molecule has 3 rings (SSSR count). The molecule has 1 heterocycles. The van der Waals surface area contributed by atoms with Crippen LogP contribution in [0, 0.1) is 11.3 Å². The third kappa shape index (κ3) is 3.24. The van der Waals surface area contributed by atoms with Crippen molar-refractivity contribution in [1.29, 1.82) is 5.26 Å². The highest BCUT2D eigenvalue weighted by Gasteiger charge is 2.33. The van der Waals surface area contributed by atoms with Crippen LogP contribution in [0.1, 0.15) is 35.6 Å². The number of aromatic nitrogens is 2. The molecule has 1 aliphatic carbocycles. The third-order valence-electron chi connectivity index (χ3n) is 3.91. The molecule has 3 nitrogen and oxygen atoms in total. The van der Waals surface area contributed by atoms with Crippen molar-refractivity contribution in [3.63, 3.8) is 0 Å². The molecule has 0 N–H and O–H groups in total. The molecular formula is C16H9Cl3F3N3. The van der Waals surface area contributed by atoms with Crippen molar-refractivity contribution in [3.05, 3.63) is 56.3 Å². The van der Waals surface area contributed by atoms with E-state index >= 15 is 0 Å². The maximum absolute atomic E-state index is 12.9. The normalized spacial score (nSPS) is 17.1. The first-order valence-corrected chi connectivity index (χ1v) is 8.29. The summed E-state index contributed by atoms with van der Waals surface area (Å²) in [6, 6.07) is 3.47. The number of halogens is 6. The first-order valence-electron chi connectivity index (χ1n) is 7.15. The number of benzene rings is 1. The minimum atomic E-state index is -4.59. The van der Waals surface area contributed by atoms with Crippen molar-refractivity contribution in [2.24, 2.45) is 0 Å². The number of nitriles is 1. The van der Waals surface area contributed by atoms with Crippen molar-refractivity contribution in [1.82, 2.24) is 9.78 Å². The maximum Gasteiger partial charge on any atom is 0.416 e. The van der Waals surface area contributed by atoms with Gasteiger partial charge in [0.2, 0.25) is 0 Å². The molecule has 1 atom stereocenters. The topological polar surface area (TPSA) is 41.6 Å². The fourth-order valence-corrected chi connectivity index (χ4v) is 3.77. The smallest absolute Gasteiger partial charge is 0.218 e. The molecule has 0 bridgehead atoms. The summed E-state index contributed by atoms with van der Waals surface area (Å²) in [6.07, 6.45) is 0.923. The highest BCUT2D eigenvalue weighted by molar-refractivity contribution is 6.38. The van der Waals surface area contributed by atoms with E-state index in [-0.39, 0.29) is 32.5 Å². The number of nitrogens with zero attached hydrogens (tertiary/aromatic N) is 3. The van der Waals surface area contributed by atoms with Gasteiger partial charge in [0, 0.05) is 11.5 Å². The monoisotopic (exact) mass is 405 g/mol. The summed E-state index contributed by atoms with van der Waals surface area (Å²) in [5, 5.41) is 13.0. The fourth-order valence-electron chi connectivity index (χ4n) is 2.77. The predicted octanol–water partition coefficient (Wildman–Crippen LogP) is 6.16. The van der Waals surface area contributed by atoms with Crippen LogP contribution in [0.3, 0.4) is 0 Å². The van der Waals surface area contributed by atoms with E-state index in [1.54, 1.807) is 0 Å². The van der Waals surface area contributed by atoms with Gasteiger partial charge < -0.3 is 0 Å². The molecule has 130 valence electrons. The number of hydrogen-bond donors (Lipinski definition) is 0. The van der Waals surface area contributed by atoms with Gasteiger partial charge in [-0.25, -0.2) is 4.68 Å². The molecule has 0 aliphatic heterocycles. The Balaban J connectivity index is 2.18. The van der Waals surface area contributed by atoms with E-state index in [2.05, 4.69) is 5.10 Å². The summed E-state index contributed by atoms with van der Waals surface area (Å²) >= 11 is 18.4. The summed E-state index contributed by atoms with van der Waals surface area (Å²) in [5.41, 5.74) is -0.362. The molecule has 0 fully saturated rings. The zero-order chi connectivity index (χ0) is 18.4. The number of allylic oxidation sites excluding steroid dienone is 2. The lowest BCUT2D eigenvalue weighted by Crippen LogP contribution is -2.07. The molecule has 9 heteroatoms. The predicted molar refractivity (Wildman–Crippen MR) is 89.4 cm³/mol. The van der Waals surface area contributed by atoms with Crippen LogP contribution in [-0.4, -0.2) is 9.78 Å². The molecule has 1 aromatic carbocycles. The fraction of sp³-hybridized carbons (Fsp3) is 0.250. The molecule has 1 aromatic heterocycles. The van der Waals surface area contributed by atoms with Crippen molar-refractivity contribution >= 4 is 34.8 Å². The molecule has 0 spiro atoms. The van der Waals surface area contributed by atoms with Gasteiger partial charge in [-0.1, -0.05) is 47.0 Å². The Labute approximate surface area is 156 Å².